The minimum Gasteiger partial charge on any atom is -0.490 e. The zero-order valence-corrected chi connectivity index (χ0v) is 18.3. The van der Waals surface area contributed by atoms with E-state index < -0.39 is 0 Å². The van der Waals surface area contributed by atoms with Crippen molar-refractivity contribution < 1.29 is 14.3 Å². The van der Waals surface area contributed by atoms with E-state index in [1.54, 1.807) is 17.0 Å². The summed E-state index contributed by atoms with van der Waals surface area (Å²) in [5, 5.41) is 0. The van der Waals surface area contributed by atoms with Crippen LogP contribution >= 0.6 is 0 Å². The van der Waals surface area contributed by atoms with Crippen LogP contribution in [0.15, 0.2) is 42.5 Å². The van der Waals surface area contributed by atoms with Gasteiger partial charge in [-0.3, -0.25) is 9.69 Å². The topological polar surface area (TPSA) is 67.8 Å². The lowest BCUT2D eigenvalue weighted by atomic mass is 10.1. The van der Waals surface area contributed by atoms with Gasteiger partial charge in [0, 0.05) is 25.7 Å². The number of rotatable bonds is 6. The number of carbonyl (C=O) groups is 1. The Bertz CT molecular complexity index is 1090. The van der Waals surface area contributed by atoms with Crippen LogP contribution in [-0.4, -0.2) is 49.2 Å². The SMILES string of the molecule is CCCOc1ccc(C(=O)N2CCCN(C)c3nc4ccccc4nc32)cc1OCC. The van der Waals surface area contributed by atoms with E-state index in [4.69, 9.17) is 19.4 Å². The molecule has 162 valence electrons. The van der Waals surface area contributed by atoms with Crippen LogP contribution in [0.4, 0.5) is 11.6 Å². The van der Waals surface area contributed by atoms with Gasteiger partial charge in [-0.25, -0.2) is 9.97 Å². The number of aromatic nitrogens is 2. The summed E-state index contributed by atoms with van der Waals surface area (Å²) in [7, 11) is 1.99. The van der Waals surface area contributed by atoms with E-state index >= 15 is 0 Å². The zero-order valence-electron chi connectivity index (χ0n) is 18.3. The maximum absolute atomic E-state index is 13.6. The van der Waals surface area contributed by atoms with E-state index in [2.05, 4.69) is 11.8 Å². The normalized spacial score (nSPS) is 13.6. The van der Waals surface area contributed by atoms with E-state index in [1.807, 2.05) is 44.3 Å². The van der Waals surface area contributed by atoms with Gasteiger partial charge in [0.1, 0.15) is 0 Å². The summed E-state index contributed by atoms with van der Waals surface area (Å²) >= 11 is 0. The van der Waals surface area contributed by atoms with E-state index in [0.29, 0.717) is 42.6 Å². The van der Waals surface area contributed by atoms with Crippen molar-refractivity contribution in [1.29, 1.82) is 0 Å². The molecular formula is C24H28N4O3. The van der Waals surface area contributed by atoms with Crippen molar-refractivity contribution in [3.05, 3.63) is 48.0 Å². The van der Waals surface area contributed by atoms with Crippen molar-refractivity contribution in [3.8, 4) is 11.5 Å². The molecule has 1 aliphatic rings. The third-order valence-electron chi connectivity index (χ3n) is 5.22. The molecule has 2 aromatic carbocycles. The van der Waals surface area contributed by atoms with Crippen molar-refractivity contribution in [2.45, 2.75) is 26.7 Å². The molecule has 0 N–H and O–H groups in total. The van der Waals surface area contributed by atoms with Crippen molar-refractivity contribution in [3.63, 3.8) is 0 Å². The first-order valence-corrected chi connectivity index (χ1v) is 10.8. The van der Waals surface area contributed by atoms with Crippen LogP contribution in [0.3, 0.4) is 0 Å². The lowest BCUT2D eigenvalue weighted by molar-refractivity contribution is 0.0986. The molecule has 7 nitrogen and oxygen atoms in total. The van der Waals surface area contributed by atoms with Crippen molar-refractivity contribution in [2.24, 2.45) is 0 Å². The van der Waals surface area contributed by atoms with Crippen LogP contribution in [0.1, 0.15) is 37.0 Å². The van der Waals surface area contributed by atoms with Crippen molar-refractivity contribution in [1.82, 2.24) is 9.97 Å². The fourth-order valence-corrected chi connectivity index (χ4v) is 3.69. The molecule has 3 aromatic rings. The number of hydrogen-bond acceptors (Lipinski definition) is 6. The maximum atomic E-state index is 13.6. The lowest BCUT2D eigenvalue weighted by Crippen LogP contribution is -2.32. The van der Waals surface area contributed by atoms with Gasteiger partial charge in [0.15, 0.2) is 23.1 Å². The number of para-hydroxylation sites is 2. The Balaban J connectivity index is 1.74. The fraction of sp³-hybridized carbons (Fsp3) is 0.375. The van der Waals surface area contributed by atoms with E-state index in [0.717, 1.165) is 36.2 Å². The summed E-state index contributed by atoms with van der Waals surface area (Å²) in [6, 6.07) is 13.1. The third kappa shape index (κ3) is 4.26. The monoisotopic (exact) mass is 420 g/mol. The molecular weight excluding hydrogens is 392 g/mol. The smallest absolute Gasteiger partial charge is 0.259 e. The van der Waals surface area contributed by atoms with Crippen LogP contribution in [0.5, 0.6) is 11.5 Å². The maximum Gasteiger partial charge on any atom is 0.259 e. The molecule has 0 atom stereocenters. The molecule has 1 aliphatic heterocycles. The second kappa shape index (κ2) is 9.20. The van der Waals surface area contributed by atoms with Gasteiger partial charge in [-0.15, -0.1) is 0 Å². The molecule has 0 saturated heterocycles. The average Bonchev–Trinajstić information content (AvgIpc) is 2.95. The Kier molecular flexibility index (Phi) is 6.21. The number of nitrogens with zero attached hydrogens (tertiary/aromatic N) is 4. The van der Waals surface area contributed by atoms with E-state index in [9.17, 15) is 4.79 Å². The van der Waals surface area contributed by atoms with Gasteiger partial charge in [-0.2, -0.15) is 0 Å². The first-order chi connectivity index (χ1) is 15.1. The Morgan fingerprint density at radius 1 is 0.968 bits per heavy atom. The van der Waals surface area contributed by atoms with Crippen molar-refractivity contribution in [2.75, 3.05) is 43.2 Å². The highest BCUT2D eigenvalue weighted by molar-refractivity contribution is 6.07. The summed E-state index contributed by atoms with van der Waals surface area (Å²) in [6.07, 6.45) is 1.73. The summed E-state index contributed by atoms with van der Waals surface area (Å²) in [5.74, 6) is 2.43. The first-order valence-electron chi connectivity index (χ1n) is 10.8. The Morgan fingerprint density at radius 3 is 2.42 bits per heavy atom. The molecule has 31 heavy (non-hydrogen) atoms. The molecule has 1 aromatic heterocycles. The highest BCUT2D eigenvalue weighted by Crippen LogP contribution is 2.33. The minimum absolute atomic E-state index is 0.121. The number of amides is 1. The summed E-state index contributed by atoms with van der Waals surface area (Å²) in [5.41, 5.74) is 2.13. The van der Waals surface area contributed by atoms with Gasteiger partial charge < -0.3 is 14.4 Å². The largest absolute Gasteiger partial charge is 0.490 e. The average molecular weight is 421 g/mol. The number of anilines is 2. The number of carbonyl (C=O) groups excluding carboxylic acids is 1. The summed E-state index contributed by atoms with van der Waals surface area (Å²) in [6.45, 7) is 6.44. The van der Waals surface area contributed by atoms with Gasteiger partial charge in [0.2, 0.25) is 0 Å². The van der Waals surface area contributed by atoms with Gasteiger partial charge in [0.25, 0.3) is 5.91 Å². The molecule has 0 fully saturated rings. The highest BCUT2D eigenvalue weighted by Gasteiger charge is 2.28. The third-order valence-corrected chi connectivity index (χ3v) is 5.22. The highest BCUT2D eigenvalue weighted by atomic mass is 16.5. The van der Waals surface area contributed by atoms with Gasteiger partial charge in [-0.1, -0.05) is 19.1 Å². The van der Waals surface area contributed by atoms with Gasteiger partial charge in [-0.05, 0) is 50.1 Å². The first kappa shape index (κ1) is 20.9. The molecule has 4 rings (SSSR count). The van der Waals surface area contributed by atoms with Gasteiger partial charge >= 0.3 is 0 Å². The summed E-state index contributed by atoms with van der Waals surface area (Å²) < 4.78 is 11.5. The molecule has 0 radical (unpaired) electrons. The molecule has 0 bridgehead atoms. The Labute approximate surface area is 182 Å². The minimum atomic E-state index is -0.121. The van der Waals surface area contributed by atoms with E-state index in [-0.39, 0.29) is 5.91 Å². The standard InChI is InChI=1S/C24H28N4O3/c1-4-15-31-20-12-11-17(16-21(20)30-5-2)24(29)28-14-8-13-27(3)22-23(28)26-19-10-7-6-9-18(19)25-22/h6-7,9-12,16H,4-5,8,13-15H2,1-3H3. The fourth-order valence-electron chi connectivity index (χ4n) is 3.69. The molecule has 0 spiro atoms. The number of hydrogen-bond donors (Lipinski definition) is 0. The molecule has 0 aliphatic carbocycles. The van der Waals surface area contributed by atoms with Crippen LogP contribution in [0, 0.1) is 0 Å². The lowest BCUT2D eigenvalue weighted by Gasteiger charge is -2.23. The summed E-state index contributed by atoms with van der Waals surface area (Å²) in [4.78, 5) is 27.0. The van der Waals surface area contributed by atoms with Crippen LogP contribution < -0.4 is 19.3 Å². The van der Waals surface area contributed by atoms with Gasteiger partial charge in [0.05, 0.1) is 24.2 Å². The number of benzene rings is 2. The molecule has 0 unspecified atom stereocenters. The van der Waals surface area contributed by atoms with Crippen LogP contribution in [0.25, 0.3) is 11.0 Å². The molecule has 0 saturated carbocycles. The zero-order chi connectivity index (χ0) is 21.8. The number of fused-ring (bicyclic) bond motifs is 2. The number of ether oxygens (including phenoxy) is 2. The quantitative estimate of drug-likeness (QED) is 0.592. The predicted octanol–water partition coefficient (Wildman–Crippen LogP) is 4.30. The second-order valence-electron chi connectivity index (χ2n) is 7.53. The molecule has 2 heterocycles. The van der Waals surface area contributed by atoms with Crippen molar-refractivity contribution >= 4 is 28.6 Å². The Hall–Kier alpha value is -3.35. The predicted molar refractivity (Wildman–Crippen MR) is 122 cm³/mol. The second-order valence-corrected chi connectivity index (χ2v) is 7.53. The molecule has 1 amide bonds. The Morgan fingerprint density at radius 2 is 1.71 bits per heavy atom. The van der Waals surface area contributed by atoms with Crippen LogP contribution in [0.2, 0.25) is 0 Å². The molecule has 7 heteroatoms. The van der Waals surface area contributed by atoms with E-state index in [1.165, 1.54) is 0 Å². The van der Waals surface area contributed by atoms with Crippen LogP contribution in [-0.2, 0) is 0 Å².